The minimum atomic E-state index is -0.710. The van der Waals surface area contributed by atoms with E-state index < -0.39 is 11.8 Å². The Labute approximate surface area is 314 Å². The summed E-state index contributed by atoms with van der Waals surface area (Å²) in [5, 5.41) is 3.19. The maximum atomic E-state index is 14.1. The van der Waals surface area contributed by atoms with Gasteiger partial charge >= 0.3 is 0 Å². The van der Waals surface area contributed by atoms with Crippen molar-refractivity contribution in [3.8, 4) is 17.2 Å². The van der Waals surface area contributed by atoms with E-state index in [1.54, 1.807) is 49.4 Å². The number of aliphatic imine (C=N–C) groups is 1. The number of rotatable bonds is 12. The molecule has 0 aromatic heterocycles. The highest BCUT2D eigenvalue weighted by atomic mass is 79.9. The van der Waals surface area contributed by atoms with Crippen LogP contribution in [0.2, 0.25) is 0 Å². The van der Waals surface area contributed by atoms with Crippen molar-refractivity contribution in [2.75, 3.05) is 12.5 Å². The van der Waals surface area contributed by atoms with Crippen LogP contribution in [0.4, 0.5) is 0 Å². The maximum Gasteiger partial charge on any atom is 0.285 e. The van der Waals surface area contributed by atoms with E-state index in [1.165, 1.54) is 11.0 Å². The van der Waals surface area contributed by atoms with Crippen LogP contribution in [0.1, 0.15) is 35.2 Å². The third kappa shape index (κ3) is 8.62. The van der Waals surface area contributed by atoms with Gasteiger partial charge in [-0.2, -0.15) is 4.99 Å². The van der Waals surface area contributed by atoms with E-state index in [1.807, 2.05) is 78.9 Å². The topological polar surface area (TPSA) is 107 Å². The molecule has 4 aromatic carbocycles. The average molecular weight is 777 g/mol. The quantitative estimate of drug-likeness (QED) is 0.0880. The highest BCUT2D eigenvalue weighted by molar-refractivity contribution is 9.10. The second-order valence-corrected chi connectivity index (χ2v) is 13.3. The molecule has 0 atom stereocenters. The van der Waals surface area contributed by atoms with Crippen molar-refractivity contribution in [1.82, 2.24) is 10.2 Å². The van der Waals surface area contributed by atoms with E-state index in [-0.39, 0.29) is 41.8 Å². The maximum absolute atomic E-state index is 14.1. The molecule has 0 saturated carbocycles. The standard InChI is InChI=1S/C41H34BrN3O6S/c1-3-5-16-31(4-2)45-40(48)32(21-27-17-19-34(33(42)22-27)49-24-28-18-20-35-36(23-28)51-26-50-35)39(47)44-41(45)52-25-37(46)43-38(29-12-8-6-9-13-29)30-14-10-7-11-15-30/h3-23,38H,1,24-26H2,2H3,(H,43,46)/b16-5-,31-4+,32-21+. The highest BCUT2D eigenvalue weighted by Gasteiger charge is 2.35. The second-order valence-electron chi connectivity index (χ2n) is 11.5. The number of thioether (sulfide) groups is 1. The lowest BCUT2D eigenvalue weighted by molar-refractivity contribution is -0.126. The van der Waals surface area contributed by atoms with E-state index in [0.29, 0.717) is 33.0 Å². The molecule has 1 N–H and O–H groups in total. The molecule has 0 aliphatic carbocycles. The third-order valence-corrected chi connectivity index (χ3v) is 9.57. The molecule has 9 nitrogen and oxygen atoms in total. The van der Waals surface area contributed by atoms with Crippen LogP contribution in [-0.4, -0.2) is 40.3 Å². The number of nitrogens with one attached hydrogen (secondary N) is 1. The van der Waals surface area contributed by atoms with Crippen LogP contribution in [0.5, 0.6) is 17.2 Å². The third-order valence-electron chi connectivity index (χ3n) is 8.01. The summed E-state index contributed by atoms with van der Waals surface area (Å²) in [4.78, 5) is 46.6. The molecule has 0 fully saturated rings. The molecule has 2 heterocycles. The molecule has 0 unspecified atom stereocenters. The zero-order valence-electron chi connectivity index (χ0n) is 28.2. The van der Waals surface area contributed by atoms with Gasteiger partial charge < -0.3 is 19.5 Å². The Balaban J connectivity index is 1.20. The average Bonchev–Trinajstić information content (AvgIpc) is 3.64. The number of hydrogen-bond donors (Lipinski definition) is 1. The van der Waals surface area contributed by atoms with Crippen LogP contribution >= 0.6 is 27.7 Å². The first kappa shape index (κ1) is 36.2. The Morgan fingerprint density at radius 3 is 2.38 bits per heavy atom. The smallest absolute Gasteiger partial charge is 0.285 e. The SMILES string of the molecule is C=C/C=C\C(=C/C)N1C(=O)/C(=C/c2ccc(OCc3ccc4c(c3)OCO4)c(Br)c2)C(=O)N=C1SCC(=O)NC(c1ccccc1)c1ccccc1. The van der Waals surface area contributed by atoms with Gasteiger partial charge in [0.2, 0.25) is 12.7 Å². The van der Waals surface area contributed by atoms with Crippen LogP contribution in [0.15, 0.2) is 149 Å². The Hall–Kier alpha value is -5.65. The second kappa shape index (κ2) is 17.0. The lowest BCUT2D eigenvalue weighted by Crippen LogP contribution is -2.42. The van der Waals surface area contributed by atoms with Gasteiger partial charge in [-0.1, -0.05) is 109 Å². The van der Waals surface area contributed by atoms with Crippen LogP contribution < -0.4 is 19.5 Å². The number of amides is 3. The molecule has 3 amide bonds. The first-order valence-electron chi connectivity index (χ1n) is 16.3. The fourth-order valence-corrected chi connectivity index (χ4v) is 6.79. The number of halogens is 1. The van der Waals surface area contributed by atoms with Gasteiger partial charge in [-0.3, -0.25) is 19.3 Å². The van der Waals surface area contributed by atoms with E-state index in [2.05, 4.69) is 32.8 Å². The normalized spacial score (nSPS) is 15.0. The summed E-state index contributed by atoms with van der Waals surface area (Å²) in [6, 6.07) is 29.8. The Morgan fingerprint density at radius 1 is 1.00 bits per heavy atom. The van der Waals surface area contributed by atoms with Crippen LogP contribution in [0.25, 0.3) is 6.08 Å². The lowest BCUT2D eigenvalue weighted by atomic mass is 9.99. The molecule has 0 spiro atoms. The zero-order valence-corrected chi connectivity index (χ0v) is 30.6. The lowest BCUT2D eigenvalue weighted by Gasteiger charge is -2.28. The van der Waals surface area contributed by atoms with Crippen LogP contribution in [-0.2, 0) is 21.0 Å². The van der Waals surface area contributed by atoms with Gasteiger partial charge in [0.25, 0.3) is 11.8 Å². The number of fused-ring (bicyclic) bond motifs is 1. The van der Waals surface area contributed by atoms with Crippen molar-refractivity contribution in [3.05, 3.63) is 166 Å². The van der Waals surface area contributed by atoms with Crippen molar-refractivity contribution < 1.29 is 28.6 Å². The number of amidine groups is 1. The molecule has 0 saturated heterocycles. The minimum absolute atomic E-state index is 0.0893. The van der Waals surface area contributed by atoms with Crippen molar-refractivity contribution in [3.63, 3.8) is 0 Å². The molecule has 52 heavy (non-hydrogen) atoms. The largest absolute Gasteiger partial charge is 0.488 e. The monoisotopic (exact) mass is 775 g/mol. The first-order valence-corrected chi connectivity index (χ1v) is 18.1. The summed E-state index contributed by atoms with van der Waals surface area (Å²) in [5.74, 6) is 0.279. The fourth-order valence-electron chi connectivity index (χ4n) is 5.48. The molecular weight excluding hydrogens is 742 g/mol. The van der Waals surface area contributed by atoms with Crippen molar-refractivity contribution in [2.24, 2.45) is 4.99 Å². The van der Waals surface area contributed by atoms with Gasteiger partial charge in [-0.25, -0.2) is 0 Å². The summed E-state index contributed by atoms with van der Waals surface area (Å²) in [6.07, 6.45) is 8.18. The number of ether oxygens (including phenoxy) is 3. The van der Waals surface area contributed by atoms with Crippen LogP contribution in [0, 0.1) is 0 Å². The van der Waals surface area contributed by atoms with Crippen molar-refractivity contribution in [2.45, 2.75) is 19.6 Å². The molecule has 2 aliphatic heterocycles. The number of benzene rings is 4. The van der Waals surface area contributed by atoms with E-state index in [9.17, 15) is 14.4 Å². The Bertz CT molecular complexity index is 2070. The Morgan fingerprint density at radius 2 is 1.71 bits per heavy atom. The van der Waals surface area contributed by atoms with Crippen molar-refractivity contribution >= 4 is 56.7 Å². The molecule has 262 valence electrons. The predicted octanol–water partition coefficient (Wildman–Crippen LogP) is 8.15. The van der Waals surface area contributed by atoms with Gasteiger partial charge in [-0.15, -0.1) is 0 Å². The molecule has 2 aliphatic rings. The molecule has 4 aromatic rings. The first-order chi connectivity index (χ1) is 25.3. The summed E-state index contributed by atoms with van der Waals surface area (Å²) in [7, 11) is 0. The fraction of sp³-hybridized carbons (Fsp3) is 0.122. The van der Waals surface area contributed by atoms with E-state index in [4.69, 9.17) is 14.2 Å². The minimum Gasteiger partial charge on any atom is -0.488 e. The zero-order chi connectivity index (χ0) is 36.5. The molecular formula is C41H34BrN3O6S. The number of allylic oxidation sites excluding steroid dienone is 4. The highest BCUT2D eigenvalue weighted by Crippen LogP contribution is 2.34. The predicted molar refractivity (Wildman–Crippen MR) is 207 cm³/mol. The van der Waals surface area contributed by atoms with E-state index >= 15 is 0 Å². The number of carbonyl (C=O) groups excluding carboxylic acids is 3. The molecule has 11 heteroatoms. The number of nitrogens with zero attached hydrogens (tertiary/aromatic N) is 2. The summed E-state index contributed by atoms with van der Waals surface area (Å²) < 4.78 is 17.5. The van der Waals surface area contributed by atoms with Gasteiger partial charge in [0.1, 0.15) is 17.9 Å². The van der Waals surface area contributed by atoms with Gasteiger partial charge in [-0.05, 0) is 81.5 Å². The number of carbonyl (C=O) groups is 3. The molecule has 6 rings (SSSR count). The molecule has 0 bridgehead atoms. The van der Waals surface area contributed by atoms with Gasteiger partial charge in [0.05, 0.1) is 16.3 Å². The summed E-state index contributed by atoms with van der Waals surface area (Å²) in [6.45, 7) is 5.99. The van der Waals surface area contributed by atoms with Gasteiger partial charge in [0.15, 0.2) is 16.7 Å². The summed E-state index contributed by atoms with van der Waals surface area (Å²) >= 11 is 4.56. The number of hydrogen-bond acceptors (Lipinski definition) is 7. The van der Waals surface area contributed by atoms with E-state index in [0.717, 1.165) is 28.5 Å². The van der Waals surface area contributed by atoms with Crippen molar-refractivity contribution in [1.29, 1.82) is 0 Å². The molecule has 0 radical (unpaired) electrons. The Kier molecular flexibility index (Phi) is 11.8. The summed E-state index contributed by atoms with van der Waals surface area (Å²) in [5.41, 5.74) is 3.67. The van der Waals surface area contributed by atoms with Gasteiger partial charge in [0, 0.05) is 5.70 Å². The van der Waals surface area contributed by atoms with Crippen LogP contribution in [0.3, 0.4) is 0 Å².